The van der Waals surface area contributed by atoms with Crippen molar-refractivity contribution in [3.05, 3.63) is 71.5 Å². The van der Waals surface area contributed by atoms with Gasteiger partial charge in [0.2, 0.25) is 11.8 Å². The SMILES string of the molecule is CC1(NC(=O)Cc2ccccc2)CCN(CC[C@H](NC(=O)C2CCCCC2)c2cccc(F)c2)CC1. The lowest BCUT2D eigenvalue weighted by Crippen LogP contribution is -2.54. The smallest absolute Gasteiger partial charge is 0.224 e. The summed E-state index contributed by atoms with van der Waals surface area (Å²) in [6.45, 7) is 4.72. The van der Waals surface area contributed by atoms with Crippen molar-refractivity contribution < 1.29 is 14.0 Å². The van der Waals surface area contributed by atoms with Crippen molar-refractivity contribution >= 4 is 11.8 Å². The minimum atomic E-state index is -0.274. The van der Waals surface area contributed by atoms with Crippen molar-refractivity contribution in [1.29, 1.82) is 0 Å². The summed E-state index contributed by atoms with van der Waals surface area (Å²) in [7, 11) is 0. The standard InChI is InChI=1S/C30H40FN3O2/c1-30(33-28(35)21-23-9-4-2-5-10-23)16-19-34(20-17-30)18-15-27(25-13-8-14-26(31)22-25)32-29(36)24-11-6-3-7-12-24/h2,4-5,8-10,13-14,22,24,27H,3,6-7,11-12,15-21H2,1H3,(H,32,36)(H,33,35)/t27-/m0/s1. The molecule has 1 saturated heterocycles. The third kappa shape index (κ3) is 7.63. The number of halogens is 1. The second kappa shape index (κ2) is 12.5. The molecular weight excluding hydrogens is 453 g/mol. The Morgan fingerprint density at radius 3 is 2.44 bits per heavy atom. The second-order valence-corrected chi connectivity index (χ2v) is 10.9. The molecule has 1 atom stereocenters. The number of nitrogens with zero attached hydrogens (tertiary/aromatic N) is 1. The number of carbonyl (C=O) groups is 2. The van der Waals surface area contributed by atoms with Crippen LogP contribution in [0.1, 0.15) is 75.5 Å². The van der Waals surface area contributed by atoms with Crippen LogP contribution in [0.2, 0.25) is 0 Å². The van der Waals surface area contributed by atoms with E-state index < -0.39 is 0 Å². The fraction of sp³-hybridized carbons (Fsp3) is 0.533. The van der Waals surface area contributed by atoms with Gasteiger partial charge in [0, 0.05) is 31.1 Å². The first-order valence-corrected chi connectivity index (χ1v) is 13.5. The van der Waals surface area contributed by atoms with E-state index in [-0.39, 0.29) is 35.1 Å². The highest BCUT2D eigenvalue weighted by atomic mass is 19.1. The second-order valence-electron chi connectivity index (χ2n) is 10.9. The fourth-order valence-corrected chi connectivity index (χ4v) is 5.57. The third-order valence-corrected chi connectivity index (χ3v) is 7.89. The van der Waals surface area contributed by atoms with Gasteiger partial charge in [-0.1, -0.05) is 61.7 Å². The first-order chi connectivity index (χ1) is 17.4. The summed E-state index contributed by atoms with van der Waals surface area (Å²) in [5, 5.41) is 6.51. The summed E-state index contributed by atoms with van der Waals surface area (Å²) in [5.74, 6) is -0.0283. The van der Waals surface area contributed by atoms with Crippen LogP contribution in [-0.2, 0) is 16.0 Å². The quantitative estimate of drug-likeness (QED) is 0.507. The van der Waals surface area contributed by atoms with Crippen molar-refractivity contribution in [2.24, 2.45) is 5.92 Å². The third-order valence-electron chi connectivity index (χ3n) is 7.89. The number of nitrogens with one attached hydrogen (secondary N) is 2. The van der Waals surface area contributed by atoms with Gasteiger partial charge < -0.3 is 15.5 Å². The lowest BCUT2D eigenvalue weighted by atomic mass is 9.88. The molecule has 2 aromatic carbocycles. The van der Waals surface area contributed by atoms with Gasteiger partial charge in [-0.25, -0.2) is 4.39 Å². The highest BCUT2D eigenvalue weighted by molar-refractivity contribution is 5.79. The molecule has 5 nitrogen and oxygen atoms in total. The molecule has 2 aliphatic rings. The zero-order valence-electron chi connectivity index (χ0n) is 21.5. The predicted octanol–water partition coefficient (Wildman–Crippen LogP) is 5.17. The summed E-state index contributed by atoms with van der Waals surface area (Å²) in [5.41, 5.74) is 1.64. The molecule has 2 fully saturated rings. The molecule has 0 bridgehead atoms. The molecule has 194 valence electrons. The van der Waals surface area contributed by atoms with E-state index in [9.17, 15) is 14.0 Å². The van der Waals surface area contributed by atoms with E-state index in [4.69, 9.17) is 0 Å². The average molecular weight is 494 g/mol. The van der Waals surface area contributed by atoms with Crippen LogP contribution in [0.25, 0.3) is 0 Å². The lowest BCUT2D eigenvalue weighted by Gasteiger charge is -2.40. The van der Waals surface area contributed by atoms with Gasteiger partial charge in [-0.15, -0.1) is 0 Å². The van der Waals surface area contributed by atoms with E-state index >= 15 is 0 Å². The van der Waals surface area contributed by atoms with Crippen LogP contribution in [0, 0.1) is 11.7 Å². The molecule has 0 aromatic heterocycles. The zero-order chi connectivity index (χ0) is 25.4. The maximum Gasteiger partial charge on any atom is 0.224 e. The zero-order valence-corrected chi connectivity index (χ0v) is 21.5. The minimum Gasteiger partial charge on any atom is -0.351 e. The van der Waals surface area contributed by atoms with Crippen LogP contribution in [-0.4, -0.2) is 41.9 Å². The summed E-state index contributed by atoms with van der Waals surface area (Å²) in [4.78, 5) is 28.0. The Kier molecular flexibility index (Phi) is 9.13. The molecule has 2 amide bonds. The predicted molar refractivity (Wildman–Crippen MR) is 141 cm³/mol. The molecule has 6 heteroatoms. The van der Waals surface area contributed by atoms with Gasteiger partial charge in [0.25, 0.3) is 0 Å². The van der Waals surface area contributed by atoms with Gasteiger partial charge in [0.15, 0.2) is 0 Å². The maximum atomic E-state index is 14.0. The van der Waals surface area contributed by atoms with Crippen molar-refractivity contribution in [2.45, 2.75) is 76.3 Å². The van der Waals surface area contributed by atoms with E-state index in [1.54, 1.807) is 12.1 Å². The van der Waals surface area contributed by atoms with E-state index in [1.807, 2.05) is 36.4 Å². The summed E-state index contributed by atoms with van der Waals surface area (Å²) < 4.78 is 14.0. The Morgan fingerprint density at radius 2 is 1.75 bits per heavy atom. The molecule has 1 aliphatic heterocycles. The molecule has 1 aliphatic carbocycles. The fourth-order valence-electron chi connectivity index (χ4n) is 5.57. The molecule has 0 spiro atoms. The number of hydrogen-bond acceptors (Lipinski definition) is 3. The molecule has 36 heavy (non-hydrogen) atoms. The minimum absolute atomic E-state index is 0.0637. The molecule has 2 N–H and O–H groups in total. The molecule has 4 rings (SSSR count). The Balaban J connectivity index is 1.29. The largest absolute Gasteiger partial charge is 0.351 e. The number of amides is 2. The Labute approximate surface area is 214 Å². The van der Waals surface area contributed by atoms with Crippen molar-refractivity contribution in [2.75, 3.05) is 19.6 Å². The van der Waals surface area contributed by atoms with Crippen LogP contribution in [0.3, 0.4) is 0 Å². The molecule has 2 aromatic rings. The van der Waals surface area contributed by atoms with E-state index in [0.717, 1.165) is 75.7 Å². The normalized spacial score (nSPS) is 19.4. The van der Waals surface area contributed by atoms with E-state index in [2.05, 4.69) is 22.5 Å². The monoisotopic (exact) mass is 493 g/mol. The summed E-state index contributed by atoms with van der Waals surface area (Å²) in [6.07, 6.45) is 8.21. The van der Waals surface area contributed by atoms with Crippen molar-refractivity contribution in [3.63, 3.8) is 0 Å². The maximum absolute atomic E-state index is 14.0. The van der Waals surface area contributed by atoms with Crippen LogP contribution in [0.4, 0.5) is 4.39 Å². The lowest BCUT2D eigenvalue weighted by molar-refractivity contribution is -0.126. The topological polar surface area (TPSA) is 61.4 Å². The van der Waals surface area contributed by atoms with Gasteiger partial charge in [0.05, 0.1) is 12.5 Å². The first kappa shape index (κ1) is 26.3. The number of carbonyl (C=O) groups excluding carboxylic acids is 2. The van der Waals surface area contributed by atoms with Gasteiger partial charge in [-0.3, -0.25) is 9.59 Å². The number of rotatable bonds is 9. The number of likely N-dealkylation sites (tertiary alicyclic amines) is 1. The Hall–Kier alpha value is -2.73. The summed E-state index contributed by atoms with van der Waals surface area (Å²) >= 11 is 0. The van der Waals surface area contributed by atoms with Crippen molar-refractivity contribution in [1.82, 2.24) is 15.5 Å². The van der Waals surface area contributed by atoms with Crippen molar-refractivity contribution in [3.8, 4) is 0 Å². The number of hydrogen-bond donors (Lipinski definition) is 2. The molecule has 0 radical (unpaired) electrons. The number of benzene rings is 2. The van der Waals surface area contributed by atoms with Crippen LogP contribution < -0.4 is 10.6 Å². The molecule has 1 saturated carbocycles. The Bertz CT molecular complexity index is 998. The van der Waals surface area contributed by atoms with Gasteiger partial charge >= 0.3 is 0 Å². The van der Waals surface area contributed by atoms with Gasteiger partial charge in [0.1, 0.15) is 5.82 Å². The number of piperidine rings is 1. The Morgan fingerprint density at radius 1 is 1.03 bits per heavy atom. The first-order valence-electron chi connectivity index (χ1n) is 13.5. The highest BCUT2D eigenvalue weighted by Gasteiger charge is 2.32. The van der Waals surface area contributed by atoms with Gasteiger partial charge in [-0.05, 0) is 62.3 Å². The summed E-state index contributed by atoms with van der Waals surface area (Å²) in [6, 6.07) is 16.2. The molecular formula is C30H40FN3O2. The average Bonchev–Trinajstić information content (AvgIpc) is 2.88. The van der Waals surface area contributed by atoms with E-state index in [1.165, 1.54) is 12.5 Å². The van der Waals surface area contributed by atoms with E-state index in [0.29, 0.717) is 6.42 Å². The van der Waals surface area contributed by atoms with Crippen LogP contribution in [0.15, 0.2) is 54.6 Å². The van der Waals surface area contributed by atoms with Gasteiger partial charge in [-0.2, -0.15) is 0 Å². The van der Waals surface area contributed by atoms with Crippen LogP contribution in [0.5, 0.6) is 0 Å². The molecule has 1 heterocycles. The highest BCUT2D eigenvalue weighted by Crippen LogP contribution is 2.27. The molecule has 0 unspecified atom stereocenters. The van der Waals surface area contributed by atoms with Crippen LogP contribution >= 0.6 is 0 Å².